The summed E-state index contributed by atoms with van der Waals surface area (Å²) in [7, 11) is 0. The van der Waals surface area contributed by atoms with Gasteiger partial charge in [-0.05, 0) is 25.5 Å². The van der Waals surface area contributed by atoms with Crippen LogP contribution in [0, 0.1) is 6.92 Å². The fourth-order valence-corrected chi connectivity index (χ4v) is 3.02. The van der Waals surface area contributed by atoms with E-state index >= 15 is 0 Å². The average molecular weight is 339 g/mol. The number of aromatic nitrogens is 4. The molecular weight excluding hydrogens is 314 g/mol. The van der Waals surface area contributed by atoms with Crippen molar-refractivity contribution in [3.05, 3.63) is 47.8 Å². The highest BCUT2D eigenvalue weighted by molar-refractivity contribution is 5.80. The number of rotatable bonds is 6. The highest BCUT2D eigenvalue weighted by Crippen LogP contribution is 2.17. The molecule has 0 bridgehead atoms. The quantitative estimate of drug-likeness (QED) is 0.724. The van der Waals surface area contributed by atoms with E-state index in [2.05, 4.69) is 34.1 Å². The summed E-state index contributed by atoms with van der Waals surface area (Å²) in [6.07, 6.45) is 4.28. The van der Waals surface area contributed by atoms with Crippen LogP contribution in [0.4, 0.5) is 0 Å². The molecule has 3 rings (SSSR count). The standard InChI is InChI=1S/C19H25N5O/c1-12(2)18-20-10-11-24(18)14(4)19(25)21-9-8-16-22-15-7-5-6-13(3)17(15)23-16/h5-7,10-12,14H,8-9H2,1-4H3,(H,21,25)(H,22,23)/t14-/m1/s1. The summed E-state index contributed by atoms with van der Waals surface area (Å²) in [4.78, 5) is 24.7. The normalized spacial score (nSPS) is 12.7. The molecule has 132 valence electrons. The molecule has 0 aliphatic rings. The summed E-state index contributed by atoms with van der Waals surface area (Å²) in [5, 5.41) is 3.00. The molecule has 0 aliphatic carbocycles. The Morgan fingerprint density at radius 1 is 1.32 bits per heavy atom. The van der Waals surface area contributed by atoms with E-state index in [9.17, 15) is 4.79 Å². The van der Waals surface area contributed by atoms with E-state index in [1.807, 2.05) is 42.8 Å². The molecular formula is C19H25N5O. The maximum absolute atomic E-state index is 12.4. The fraction of sp³-hybridized carbons (Fsp3) is 0.421. The number of aryl methyl sites for hydroxylation is 1. The van der Waals surface area contributed by atoms with Crippen LogP contribution in [0.15, 0.2) is 30.6 Å². The molecule has 2 N–H and O–H groups in total. The van der Waals surface area contributed by atoms with E-state index < -0.39 is 0 Å². The Labute approximate surface area is 147 Å². The van der Waals surface area contributed by atoms with Crippen molar-refractivity contribution >= 4 is 16.9 Å². The third kappa shape index (κ3) is 3.57. The van der Waals surface area contributed by atoms with Gasteiger partial charge in [-0.2, -0.15) is 0 Å². The van der Waals surface area contributed by atoms with Crippen LogP contribution in [0.2, 0.25) is 0 Å². The van der Waals surface area contributed by atoms with E-state index in [4.69, 9.17) is 0 Å². The average Bonchev–Trinajstić information content (AvgIpc) is 3.21. The molecule has 0 saturated carbocycles. The summed E-state index contributed by atoms with van der Waals surface area (Å²) >= 11 is 0. The number of imidazole rings is 2. The van der Waals surface area contributed by atoms with Gasteiger partial charge in [0.2, 0.25) is 5.91 Å². The Bertz CT molecular complexity index is 877. The van der Waals surface area contributed by atoms with Gasteiger partial charge in [-0.3, -0.25) is 4.79 Å². The summed E-state index contributed by atoms with van der Waals surface area (Å²) < 4.78 is 1.94. The topological polar surface area (TPSA) is 75.6 Å². The molecule has 1 atom stereocenters. The number of carbonyl (C=O) groups is 1. The smallest absolute Gasteiger partial charge is 0.242 e. The van der Waals surface area contributed by atoms with Crippen molar-refractivity contribution in [3.63, 3.8) is 0 Å². The zero-order chi connectivity index (χ0) is 18.0. The van der Waals surface area contributed by atoms with Gasteiger partial charge in [-0.15, -0.1) is 0 Å². The van der Waals surface area contributed by atoms with Crippen molar-refractivity contribution in [2.45, 2.75) is 46.1 Å². The Hall–Kier alpha value is -2.63. The minimum absolute atomic E-state index is 0.00723. The van der Waals surface area contributed by atoms with Crippen molar-refractivity contribution in [1.29, 1.82) is 0 Å². The highest BCUT2D eigenvalue weighted by Gasteiger charge is 2.18. The molecule has 2 heterocycles. The van der Waals surface area contributed by atoms with Gasteiger partial charge < -0.3 is 14.9 Å². The number of hydrogen-bond donors (Lipinski definition) is 2. The Morgan fingerprint density at radius 3 is 2.84 bits per heavy atom. The second kappa shape index (κ2) is 7.09. The molecule has 0 saturated heterocycles. The molecule has 0 spiro atoms. The van der Waals surface area contributed by atoms with Crippen LogP contribution in [0.25, 0.3) is 11.0 Å². The summed E-state index contributed by atoms with van der Waals surface area (Å²) in [5.74, 6) is 2.09. The molecule has 1 aromatic carbocycles. The monoisotopic (exact) mass is 339 g/mol. The number of fused-ring (bicyclic) bond motifs is 1. The maximum atomic E-state index is 12.4. The maximum Gasteiger partial charge on any atom is 0.242 e. The number of amides is 1. The predicted octanol–water partition coefficient (Wildman–Crippen LogP) is 3.11. The van der Waals surface area contributed by atoms with Gasteiger partial charge in [-0.25, -0.2) is 9.97 Å². The lowest BCUT2D eigenvalue weighted by molar-refractivity contribution is -0.123. The molecule has 0 unspecified atom stereocenters. The second-order valence-electron chi connectivity index (χ2n) is 6.72. The van der Waals surface area contributed by atoms with Crippen molar-refractivity contribution in [3.8, 4) is 0 Å². The molecule has 3 aromatic rings. The van der Waals surface area contributed by atoms with E-state index in [1.54, 1.807) is 6.20 Å². The van der Waals surface area contributed by atoms with Gasteiger partial charge >= 0.3 is 0 Å². The molecule has 6 nitrogen and oxygen atoms in total. The molecule has 6 heteroatoms. The number of nitrogens with zero attached hydrogens (tertiary/aromatic N) is 3. The van der Waals surface area contributed by atoms with Crippen molar-refractivity contribution in [2.24, 2.45) is 0 Å². The minimum Gasteiger partial charge on any atom is -0.354 e. The summed E-state index contributed by atoms with van der Waals surface area (Å²) in [5.41, 5.74) is 3.19. The number of H-pyrrole nitrogens is 1. The van der Waals surface area contributed by atoms with E-state index in [0.29, 0.717) is 13.0 Å². The summed E-state index contributed by atoms with van der Waals surface area (Å²) in [6.45, 7) is 8.65. The largest absolute Gasteiger partial charge is 0.354 e. The van der Waals surface area contributed by atoms with Crippen LogP contribution in [0.5, 0.6) is 0 Å². The molecule has 0 radical (unpaired) electrons. The van der Waals surface area contributed by atoms with E-state index in [1.165, 1.54) is 0 Å². The number of aromatic amines is 1. The Morgan fingerprint density at radius 2 is 2.12 bits per heavy atom. The van der Waals surface area contributed by atoms with Crippen molar-refractivity contribution in [2.75, 3.05) is 6.54 Å². The van der Waals surface area contributed by atoms with Crippen LogP contribution in [0.1, 0.15) is 49.9 Å². The van der Waals surface area contributed by atoms with Crippen molar-refractivity contribution in [1.82, 2.24) is 24.8 Å². The first kappa shape index (κ1) is 17.2. The zero-order valence-electron chi connectivity index (χ0n) is 15.2. The van der Waals surface area contributed by atoms with Crippen LogP contribution >= 0.6 is 0 Å². The Balaban J connectivity index is 1.60. The van der Waals surface area contributed by atoms with E-state index in [-0.39, 0.29) is 17.9 Å². The van der Waals surface area contributed by atoms with Gasteiger partial charge in [-0.1, -0.05) is 26.0 Å². The third-order valence-corrected chi connectivity index (χ3v) is 4.44. The lowest BCUT2D eigenvalue weighted by Crippen LogP contribution is -2.33. The summed E-state index contributed by atoms with van der Waals surface area (Å²) in [6, 6.07) is 5.80. The first-order valence-electron chi connectivity index (χ1n) is 8.72. The first-order valence-corrected chi connectivity index (χ1v) is 8.72. The molecule has 0 aliphatic heterocycles. The van der Waals surface area contributed by atoms with Crippen LogP contribution < -0.4 is 5.32 Å². The lowest BCUT2D eigenvalue weighted by atomic mass is 10.2. The number of hydrogen-bond acceptors (Lipinski definition) is 3. The number of para-hydroxylation sites is 1. The molecule has 25 heavy (non-hydrogen) atoms. The number of benzene rings is 1. The van der Waals surface area contributed by atoms with Crippen LogP contribution in [0.3, 0.4) is 0 Å². The zero-order valence-corrected chi connectivity index (χ0v) is 15.2. The molecule has 2 aromatic heterocycles. The second-order valence-corrected chi connectivity index (χ2v) is 6.72. The molecule has 1 amide bonds. The van der Waals surface area contributed by atoms with Gasteiger partial charge in [0.15, 0.2) is 0 Å². The minimum atomic E-state index is -0.280. The SMILES string of the molecule is Cc1cccc2[nH]c(CCNC(=O)[C@@H](C)n3ccnc3C(C)C)nc12. The third-order valence-electron chi connectivity index (χ3n) is 4.44. The predicted molar refractivity (Wildman–Crippen MR) is 98.6 cm³/mol. The fourth-order valence-electron chi connectivity index (χ4n) is 3.02. The van der Waals surface area contributed by atoms with E-state index in [0.717, 1.165) is 28.2 Å². The Kier molecular flexibility index (Phi) is 4.88. The number of carbonyl (C=O) groups excluding carboxylic acids is 1. The number of nitrogens with one attached hydrogen (secondary N) is 2. The van der Waals surface area contributed by atoms with Crippen LogP contribution in [-0.4, -0.2) is 32.0 Å². The first-order chi connectivity index (χ1) is 12.0. The van der Waals surface area contributed by atoms with Gasteiger partial charge in [0.1, 0.15) is 17.7 Å². The lowest BCUT2D eigenvalue weighted by Gasteiger charge is -2.17. The van der Waals surface area contributed by atoms with Crippen molar-refractivity contribution < 1.29 is 4.79 Å². The van der Waals surface area contributed by atoms with Gasteiger partial charge in [0, 0.05) is 31.3 Å². The van der Waals surface area contributed by atoms with Gasteiger partial charge in [0.05, 0.1) is 11.0 Å². The highest BCUT2D eigenvalue weighted by atomic mass is 16.2. The molecule has 0 fully saturated rings. The van der Waals surface area contributed by atoms with Gasteiger partial charge in [0.25, 0.3) is 0 Å². The van der Waals surface area contributed by atoms with Crippen LogP contribution in [-0.2, 0) is 11.2 Å².